The van der Waals surface area contributed by atoms with Crippen molar-refractivity contribution in [2.45, 2.75) is 19.3 Å². The molecule has 0 atom stereocenters. The summed E-state index contributed by atoms with van der Waals surface area (Å²) in [6.45, 7) is 0. The summed E-state index contributed by atoms with van der Waals surface area (Å²) in [5.41, 5.74) is 0.245. The Bertz CT molecular complexity index is 1370. The van der Waals surface area contributed by atoms with E-state index in [2.05, 4.69) is 25.3 Å². The Hall–Kier alpha value is -3.31. The van der Waals surface area contributed by atoms with E-state index in [0.717, 1.165) is 25.2 Å². The van der Waals surface area contributed by atoms with Crippen molar-refractivity contribution in [1.29, 1.82) is 0 Å². The molecule has 1 aromatic heterocycles. The zero-order chi connectivity index (χ0) is 24.5. The Labute approximate surface area is 199 Å². The molecule has 178 valence electrons. The SMILES string of the molecule is CS(=O)(=O)Nc1ccccc1Nc1nc(Nc2cc(C(=O)CC3CC3)c(F)cc2F)ncc1Cl. The number of aromatic nitrogens is 2. The zero-order valence-electron chi connectivity index (χ0n) is 17.9. The summed E-state index contributed by atoms with van der Waals surface area (Å²) in [5.74, 6) is -1.96. The Morgan fingerprint density at radius 2 is 1.79 bits per heavy atom. The van der Waals surface area contributed by atoms with Crippen molar-refractivity contribution >= 4 is 56.2 Å². The van der Waals surface area contributed by atoms with Gasteiger partial charge in [-0.15, -0.1) is 0 Å². The van der Waals surface area contributed by atoms with Crippen LogP contribution in [0.1, 0.15) is 29.6 Å². The molecule has 0 saturated heterocycles. The van der Waals surface area contributed by atoms with Crippen molar-refractivity contribution < 1.29 is 22.0 Å². The highest BCUT2D eigenvalue weighted by atomic mass is 35.5. The molecule has 1 aliphatic carbocycles. The highest BCUT2D eigenvalue weighted by molar-refractivity contribution is 7.92. The number of para-hydroxylation sites is 2. The fraction of sp³-hybridized carbons (Fsp3) is 0.227. The number of rotatable bonds is 9. The van der Waals surface area contributed by atoms with E-state index in [9.17, 15) is 22.0 Å². The van der Waals surface area contributed by atoms with Gasteiger partial charge >= 0.3 is 0 Å². The molecule has 0 aliphatic heterocycles. The molecular weight excluding hydrogens is 488 g/mol. The molecule has 0 amide bonds. The van der Waals surface area contributed by atoms with Gasteiger partial charge in [0, 0.05) is 12.5 Å². The van der Waals surface area contributed by atoms with Gasteiger partial charge in [-0.3, -0.25) is 9.52 Å². The summed E-state index contributed by atoms with van der Waals surface area (Å²) in [5, 5.41) is 5.67. The average molecular weight is 508 g/mol. The van der Waals surface area contributed by atoms with Gasteiger partial charge in [-0.2, -0.15) is 4.98 Å². The molecule has 0 spiro atoms. The van der Waals surface area contributed by atoms with Crippen molar-refractivity contribution in [2.24, 2.45) is 5.92 Å². The molecule has 0 radical (unpaired) electrons. The van der Waals surface area contributed by atoms with Crippen molar-refractivity contribution in [2.75, 3.05) is 21.6 Å². The average Bonchev–Trinajstić information content (AvgIpc) is 3.56. The molecule has 12 heteroatoms. The molecule has 1 saturated carbocycles. The number of carbonyl (C=O) groups is 1. The first-order valence-electron chi connectivity index (χ1n) is 10.2. The van der Waals surface area contributed by atoms with E-state index >= 15 is 0 Å². The minimum absolute atomic E-state index is 0.0773. The first-order chi connectivity index (χ1) is 16.1. The third kappa shape index (κ3) is 5.97. The molecule has 0 unspecified atom stereocenters. The van der Waals surface area contributed by atoms with E-state index in [4.69, 9.17) is 11.6 Å². The Morgan fingerprint density at radius 1 is 1.09 bits per heavy atom. The largest absolute Gasteiger partial charge is 0.337 e. The normalized spacial score (nSPS) is 13.4. The summed E-state index contributed by atoms with van der Waals surface area (Å²) in [6, 6.07) is 8.23. The molecule has 1 aliphatic rings. The number of ketones is 1. The van der Waals surface area contributed by atoms with Crippen molar-refractivity contribution in [3.05, 3.63) is 64.8 Å². The summed E-state index contributed by atoms with van der Waals surface area (Å²) >= 11 is 6.19. The van der Waals surface area contributed by atoms with Gasteiger partial charge in [-0.05, 0) is 37.0 Å². The van der Waals surface area contributed by atoms with Crippen molar-refractivity contribution in [3.63, 3.8) is 0 Å². The van der Waals surface area contributed by atoms with Gasteiger partial charge in [-0.1, -0.05) is 23.7 Å². The molecule has 0 bridgehead atoms. The molecule has 1 fully saturated rings. The van der Waals surface area contributed by atoms with E-state index in [1.165, 1.54) is 6.20 Å². The highest BCUT2D eigenvalue weighted by Crippen LogP contribution is 2.35. The standard InChI is InChI=1S/C22H20ClF2N5O3S/c1-34(32,33)30-18-5-3-2-4-17(18)27-21-14(23)11-26-22(29-21)28-19-9-13(15(24)10-16(19)25)20(31)8-12-6-7-12/h2-5,9-12,30H,6-8H2,1H3,(H2,26,27,28,29). The van der Waals surface area contributed by atoms with E-state index in [-0.39, 0.29) is 46.1 Å². The lowest BCUT2D eigenvalue weighted by Gasteiger charge is -2.14. The number of nitrogens with one attached hydrogen (secondary N) is 3. The first-order valence-corrected chi connectivity index (χ1v) is 12.5. The number of hydrogen-bond donors (Lipinski definition) is 3. The minimum atomic E-state index is -3.54. The van der Waals surface area contributed by atoms with E-state index in [0.29, 0.717) is 11.8 Å². The Kier molecular flexibility index (Phi) is 6.67. The van der Waals surface area contributed by atoms with Crippen LogP contribution in [-0.4, -0.2) is 30.4 Å². The number of sulfonamides is 1. The molecular formula is C22H20ClF2N5O3S. The maximum absolute atomic E-state index is 14.4. The molecule has 34 heavy (non-hydrogen) atoms. The number of nitrogens with zero attached hydrogens (tertiary/aromatic N) is 2. The highest BCUT2D eigenvalue weighted by Gasteiger charge is 2.27. The fourth-order valence-electron chi connectivity index (χ4n) is 3.20. The van der Waals surface area contributed by atoms with Gasteiger partial charge < -0.3 is 10.6 Å². The summed E-state index contributed by atoms with van der Waals surface area (Å²) < 4.78 is 54.3. The van der Waals surface area contributed by atoms with Gasteiger partial charge in [0.05, 0.1) is 35.1 Å². The molecule has 1 heterocycles. The van der Waals surface area contributed by atoms with Crippen LogP contribution in [0.2, 0.25) is 5.02 Å². The third-order valence-electron chi connectivity index (χ3n) is 4.99. The van der Waals surface area contributed by atoms with Crippen LogP contribution in [0.5, 0.6) is 0 Å². The second-order valence-electron chi connectivity index (χ2n) is 7.94. The molecule has 8 nitrogen and oxygen atoms in total. The lowest BCUT2D eigenvalue weighted by Crippen LogP contribution is -2.11. The van der Waals surface area contributed by atoms with Crippen LogP contribution in [0.4, 0.5) is 37.6 Å². The molecule has 4 rings (SSSR count). The lowest BCUT2D eigenvalue weighted by atomic mass is 10.0. The summed E-state index contributed by atoms with van der Waals surface area (Å²) in [7, 11) is -3.54. The predicted molar refractivity (Wildman–Crippen MR) is 127 cm³/mol. The van der Waals surface area contributed by atoms with Crippen LogP contribution < -0.4 is 15.4 Å². The quantitative estimate of drug-likeness (QED) is 0.339. The Balaban J connectivity index is 1.59. The molecule has 2 aromatic carbocycles. The zero-order valence-corrected chi connectivity index (χ0v) is 19.5. The van der Waals surface area contributed by atoms with Crippen LogP contribution in [-0.2, 0) is 10.0 Å². The van der Waals surface area contributed by atoms with Crippen molar-refractivity contribution in [3.8, 4) is 0 Å². The predicted octanol–water partition coefficient (Wildman–Crippen LogP) is 5.25. The number of anilines is 5. The molecule has 3 aromatic rings. The van der Waals surface area contributed by atoms with Crippen LogP contribution in [0.3, 0.4) is 0 Å². The lowest BCUT2D eigenvalue weighted by molar-refractivity contribution is 0.0972. The molecule has 3 N–H and O–H groups in total. The van der Waals surface area contributed by atoms with Crippen molar-refractivity contribution in [1.82, 2.24) is 9.97 Å². The monoisotopic (exact) mass is 507 g/mol. The first kappa shape index (κ1) is 23.8. The third-order valence-corrected chi connectivity index (χ3v) is 5.86. The fourth-order valence-corrected chi connectivity index (χ4v) is 3.91. The van der Waals surface area contributed by atoms with E-state index in [1.807, 2.05) is 0 Å². The number of carbonyl (C=O) groups excluding carboxylic acids is 1. The van der Waals surface area contributed by atoms with E-state index < -0.39 is 27.4 Å². The number of Topliss-reactive ketones (excluding diaryl/α,β-unsaturated/α-hetero) is 1. The van der Waals surface area contributed by atoms with E-state index in [1.54, 1.807) is 24.3 Å². The minimum Gasteiger partial charge on any atom is -0.337 e. The maximum Gasteiger partial charge on any atom is 0.229 e. The van der Waals surface area contributed by atoms with Crippen LogP contribution in [0.25, 0.3) is 0 Å². The summed E-state index contributed by atoms with van der Waals surface area (Å²) in [6.07, 6.45) is 4.35. The van der Waals surface area contributed by atoms with Crippen LogP contribution >= 0.6 is 11.6 Å². The Morgan fingerprint density at radius 3 is 2.47 bits per heavy atom. The second kappa shape index (κ2) is 9.51. The number of hydrogen-bond acceptors (Lipinski definition) is 7. The second-order valence-corrected chi connectivity index (χ2v) is 10.1. The topological polar surface area (TPSA) is 113 Å². The number of halogens is 3. The van der Waals surface area contributed by atoms with Gasteiger partial charge in [-0.25, -0.2) is 22.2 Å². The van der Waals surface area contributed by atoms with Crippen LogP contribution in [0, 0.1) is 17.6 Å². The van der Waals surface area contributed by atoms with Crippen LogP contribution in [0.15, 0.2) is 42.6 Å². The smallest absolute Gasteiger partial charge is 0.229 e. The number of benzene rings is 2. The van der Waals surface area contributed by atoms with Gasteiger partial charge in [0.1, 0.15) is 16.7 Å². The van der Waals surface area contributed by atoms with Gasteiger partial charge in [0.15, 0.2) is 11.6 Å². The van der Waals surface area contributed by atoms with Gasteiger partial charge in [0.2, 0.25) is 16.0 Å². The maximum atomic E-state index is 14.4. The van der Waals surface area contributed by atoms with Gasteiger partial charge in [0.25, 0.3) is 0 Å². The summed E-state index contributed by atoms with van der Waals surface area (Å²) in [4.78, 5) is 20.6.